The van der Waals surface area contributed by atoms with Crippen molar-refractivity contribution in [3.8, 4) is 16.9 Å². The molecule has 0 aliphatic carbocycles. The third kappa shape index (κ3) is 3.90. The maximum atomic E-state index is 11.8. The van der Waals surface area contributed by atoms with Crippen molar-refractivity contribution in [2.24, 2.45) is 0 Å². The minimum atomic E-state index is -3.96. The second kappa shape index (κ2) is 7.38. The van der Waals surface area contributed by atoms with Gasteiger partial charge in [-0.3, -0.25) is 4.57 Å². The highest BCUT2D eigenvalue weighted by atomic mass is 31.2. The minimum Gasteiger partial charge on any atom is -0.765 e. The van der Waals surface area contributed by atoms with Crippen molar-refractivity contribution in [2.75, 3.05) is 17.2 Å². The molecule has 0 fully saturated rings. The summed E-state index contributed by atoms with van der Waals surface area (Å²) in [4.78, 5) is 21.4. The normalized spacial score (nSPS) is 16.7. The van der Waals surface area contributed by atoms with E-state index in [0.717, 1.165) is 5.56 Å². The molecule has 0 saturated heterocycles. The average Bonchev–Trinajstić information content (AvgIpc) is 2.54. The number of nitrogens with zero attached hydrogens (tertiary/aromatic N) is 2. The molecule has 1 aliphatic heterocycles. The van der Waals surface area contributed by atoms with Gasteiger partial charge in [0.25, 0.3) is 0 Å². The van der Waals surface area contributed by atoms with Gasteiger partial charge in [-0.05, 0) is 17.7 Å². The molecule has 4 rings (SSSR count). The highest BCUT2D eigenvalue weighted by molar-refractivity contribution is 7.60. The van der Waals surface area contributed by atoms with Crippen LogP contribution in [0.5, 0.6) is 5.75 Å². The Labute approximate surface area is 150 Å². The number of fused-ring (bicyclic) bond motifs is 3. The van der Waals surface area contributed by atoms with Gasteiger partial charge >= 0.3 is 17.8 Å². The number of anilines is 3. The second-order valence-corrected chi connectivity index (χ2v) is 6.74. The van der Waals surface area contributed by atoms with Crippen LogP contribution >= 0.6 is 7.60 Å². The van der Waals surface area contributed by atoms with Gasteiger partial charge in [-0.25, -0.2) is 4.98 Å². The molecule has 10 heteroatoms. The SMILES string of the molecule is C.Nc1nc(N)[nH+]c(N)n1.O=P1([O-])Oc2ccccc2-c2ccccc21. The summed E-state index contributed by atoms with van der Waals surface area (Å²) < 4.78 is 16.9. The van der Waals surface area contributed by atoms with E-state index in [4.69, 9.17) is 21.7 Å². The number of hydrogen-bond donors (Lipinski definition) is 3. The fourth-order valence-corrected chi connectivity index (χ4v) is 3.62. The number of benzene rings is 2. The van der Waals surface area contributed by atoms with Gasteiger partial charge in [0, 0.05) is 10.9 Å². The Morgan fingerprint density at radius 1 is 0.923 bits per heavy atom. The third-order valence-electron chi connectivity index (χ3n) is 3.32. The second-order valence-electron chi connectivity index (χ2n) is 5.08. The Bertz CT molecular complexity index is 931. The monoisotopic (exact) mass is 374 g/mol. The largest absolute Gasteiger partial charge is 0.765 e. The smallest absolute Gasteiger partial charge is 0.320 e. The van der Waals surface area contributed by atoms with E-state index in [1.165, 1.54) is 0 Å². The van der Waals surface area contributed by atoms with E-state index in [2.05, 4.69) is 15.0 Å². The van der Waals surface area contributed by atoms with Gasteiger partial charge < -0.3 is 26.6 Å². The first-order valence-corrected chi connectivity index (χ1v) is 8.68. The van der Waals surface area contributed by atoms with Gasteiger partial charge in [0.15, 0.2) is 0 Å². The highest BCUT2D eigenvalue weighted by Gasteiger charge is 2.26. The molecule has 2 aromatic carbocycles. The van der Waals surface area contributed by atoms with Crippen LogP contribution in [0.1, 0.15) is 7.43 Å². The lowest BCUT2D eigenvalue weighted by molar-refractivity contribution is -0.350. The number of para-hydroxylation sites is 1. The zero-order valence-electron chi connectivity index (χ0n) is 12.9. The van der Waals surface area contributed by atoms with Crippen molar-refractivity contribution < 1.29 is 19.0 Å². The highest BCUT2D eigenvalue weighted by Crippen LogP contribution is 2.48. The first kappa shape index (κ1) is 19.2. The number of nitrogens with two attached hydrogens (primary N) is 3. The first-order valence-electron chi connectivity index (χ1n) is 7.14. The van der Waals surface area contributed by atoms with Crippen LogP contribution < -0.4 is 36.9 Å². The molecule has 0 amide bonds. The van der Waals surface area contributed by atoms with E-state index < -0.39 is 7.60 Å². The summed E-state index contributed by atoms with van der Waals surface area (Å²) >= 11 is 0. The summed E-state index contributed by atoms with van der Waals surface area (Å²) in [7, 11) is -3.96. The van der Waals surface area contributed by atoms with Crippen LogP contribution in [0.2, 0.25) is 0 Å². The lowest BCUT2D eigenvalue weighted by Gasteiger charge is -2.31. The van der Waals surface area contributed by atoms with E-state index in [0.29, 0.717) is 11.3 Å². The fourth-order valence-electron chi connectivity index (χ4n) is 2.35. The molecule has 1 unspecified atom stereocenters. The standard InChI is InChI=1S/C12H9O3P.C3H6N6.CH4/c13-16(14)12-8-4-2-6-10(12)9-5-1-3-7-11(9)15-16;4-1-7-2(5)9-3(6)8-1;/h1-8H,(H,13,14);(H6,4,5,6,7,8,9);1H4. The van der Waals surface area contributed by atoms with Crippen LogP contribution in [-0.2, 0) is 4.57 Å². The summed E-state index contributed by atoms with van der Waals surface area (Å²) in [5.74, 6) is 0.809. The zero-order chi connectivity index (χ0) is 18.0. The zero-order valence-corrected chi connectivity index (χ0v) is 13.8. The van der Waals surface area contributed by atoms with E-state index in [9.17, 15) is 9.46 Å². The number of hydrogen-bond acceptors (Lipinski definition) is 8. The summed E-state index contributed by atoms with van der Waals surface area (Å²) in [6.07, 6.45) is 0. The van der Waals surface area contributed by atoms with E-state index in [-0.39, 0.29) is 30.6 Å². The molecular formula is C16H19N6O3P. The molecular weight excluding hydrogens is 355 g/mol. The lowest BCUT2D eigenvalue weighted by Crippen LogP contribution is -2.24. The lowest BCUT2D eigenvalue weighted by atomic mass is 10.0. The molecule has 7 N–H and O–H groups in total. The molecule has 1 aromatic heterocycles. The Hall–Kier alpha value is -3.16. The number of nitrogens with one attached hydrogen (secondary N) is 1. The Balaban J connectivity index is 0.000000210. The van der Waals surface area contributed by atoms with Crippen LogP contribution in [0.25, 0.3) is 11.1 Å². The minimum absolute atomic E-state index is 0. The summed E-state index contributed by atoms with van der Waals surface area (Å²) in [6, 6.07) is 14.0. The topological polar surface area (TPSA) is 167 Å². The van der Waals surface area contributed by atoms with Crippen molar-refractivity contribution in [3.05, 3.63) is 48.5 Å². The van der Waals surface area contributed by atoms with Gasteiger partial charge in [0.05, 0.1) is 0 Å². The third-order valence-corrected chi connectivity index (χ3v) is 4.74. The molecule has 3 aromatic rings. The van der Waals surface area contributed by atoms with Gasteiger partial charge in [0.1, 0.15) is 5.75 Å². The molecule has 1 aliphatic rings. The van der Waals surface area contributed by atoms with Gasteiger partial charge in [0.2, 0.25) is 7.60 Å². The molecule has 1 atom stereocenters. The molecule has 0 bridgehead atoms. The van der Waals surface area contributed by atoms with E-state index in [1.807, 2.05) is 18.2 Å². The molecule has 2 heterocycles. The van der Waals surface area contributed by atoms with Crippen LogP contribution in [0.15, 0.2) is 48.5 Å². The number of rotatable bonds is 0. The maximum Gasteiger partial charge on any atom is 0.320 e. The van der Waals surface area contributed by atoms with Crippen molar-refractivity contribution in [1.82, 2.24) is 9.97 Å². The number of aromatic amines is 1. The van der Waals surface area contributed by atoms with Gasteiger partial charge in [-0.15, -0.1) is 0 Å². The summed E-state index contributed by atoms with van der Waals surface area (Å²) in [6.45, 7) is 0. The average molecular weight is 374 g/mol. The van der Waals surface area contributed by atoms with Crippen LogP contribution in [-0.4, -0.2) is 9.97 Å². The maximum absolute atomic E-state index is 11.8. The molecule has 0 radical (unpaired) electrons. The van der Waals surface area contributed by atoms with E-state index >= 15 is 0 Å². The van der Waals surface area contributed by atoms with Crippen molar-refractivity contribution in [1.29, 1.82) is 0 Å². The number of H-pyrrole nitrogens is 1. The fraction of sp³-hybridized carbons (Fsp3) is 0.0625. The Morgan fingerprint density at radius 2 is 1.46 bits per heavy atom. The number of aromatic nitrogens is 3. The van der Waals surface area contributed by atoms with Crippen LogP contribution in [0.4, 0.5) is 17.8 Å². The van der Waals surface area contributed by atoms with Gasteiger partial charge in [-0.2, -0.15) is 0 Å². The first-order chi connectivity index (χ1) is 11.9. The predicted molar refractivity (Wildman–Crippen MR) is 98.3 cm³/mol. The molecule has 0 spiro atoms. The Kier molecular flexibility index (Phi) is 5.44. The van der Waals surface area contributed by atoms with Crippen molar-refractivity contribution in [2.45, 2.75) is 7.43 Å². The molecule has 136 valence electrons. The summed E-state index contributed by atoms with van der Waals surface area (Å²) in [5.41, 5.74) is 17.1. The van der Waals surface area contributed by atoms with Crippen molar-refractivity contribution in [3.63, 3.8) is 0 Å². The molecule has 0 saturated carbocycles. The summed E-state index contributed by atoms with van der Waals surface area (Å²) in [5, 5.41) is 0.258. The quantitative estimate of drug-likeness (QED) is 0.481. The van der Waals surface area contributed by atoms with Crippen LogP contribution in [0, 0.1) is 0 Å². The van der Waals surface area contributed by atoms with Crippen molar-refractivity contribution >= 4 is 30.7 Å². The molecule has 9 nitrogen and oxygen atoms in total. The van der Waals surface area contributed by atoms with E-state index in [1.54, 1.807) is 30.3 Å². The Morgan fingerprint density at radius 3 is 2.08 bits per heavy atom. The molecule has 26 heavy (non-hydrogen) atoms. The van der Waals surface area contributed by atoms with Crippen LogP contribution in [0.3, 0.4) is 0 Å². The van der Waals surface area contributed by atoms with Gasteiger partial charge in [-0.1, -0.05) is 53.8 Å². The number of nitrogen functional groups attached to an aromatic ring is 3. The predicted octanol–water partition coefficient (Wildman–Crippen LogP) is 0.598.